The van der Waals surface area contributed by atoms with Crippen LogP contribution in [0.5, 0.6) is 23.0 Å². The zero-order valence-electron chi connectivity index (χ0n) is 57.9. The highest BCUT2D eigenvalue weighted by molar-refractivity contribution is 6.74. The molecule has 2 saturated heterocycles. The first kappa shape index (κ1) is 75.8. The Bertz CT molecular complexity index is 3200. The zero-order chi connectivity index (χ0) is 69.6. The van der Waals surface area contributed by atoms with Gasteiger partial charge in [0.05, 0.1) is 75.2 Å². The van der Waals surface area contributed by atoms with Crippen molar-refractivity contribution in [3.8, 4) is 23.0 Å². The molecule has 0 saturated carbocycles. The fraction of sp³-hybridized carbons (Fsp3) is 0.544. The predicted molar refractivity (Wildman–Crippen MR) is 365 cm³/mol. The van der Waals surface area contributed by atoms with Crippen LogP contribution in [0.2, 0.25) is 36.3 Å². The molecule has 3 aromatic carbocycles. The first-order chi connectivity index (χ1) is 43.3. The Morgan fingerprint density at radius 1 is 0.613 bits per heavy atom. The molecular weight excluding hydrogens is 1230 g/mol. The van der Waals surface area contributed by atoms with Gasteiger partial charge in [0.25, 0.3) is 11.8 Å². The first-order valence-corrected chi connectivity index (χ1v) is 37.2. The summed E-state index contributed by atoms with van der Waals surface area (Å²) < 4.78 is 53.7. The second-order valence-corrected chi connectivity index (χ2v) is 37.5. The highest BCUT2D eigenvalue weighted by Crippen LogP contribution is 2.42. The normalized spacial score (nSPS) is 16.0. The van der Waals surface area contributed by atoms with Crippen LogP contribution < -0.4 is 45.5 Å². The van der Waals surface area contributed by atoms with Crippen LogP contribution in [-0.4, -0.2) is 158 Å². The van der Waals surface area contributed by atoms with Crippen molar-refractivity contribution in [1.82, 2.24) is 20.4 Å². The second-order valence-electron chi connectivity index (χ2n) is 27.9. The van der Waals surface area contributed by atoms with E-state index in [1.165, 1.54) is 51.5 Å². The minimum Gasteiger partial charge on any atom is -0.493 e. The minimum absolute atomic E-state index is 0.0373. The van der Waals surface area contributed by atoms with Crippen LogP contribution in [0.4, 0.5) is 31.4 Å². The smallest absolute Gasteiger partial charge is 0.412 e. The molecule has 23 nitrogen and oxygen atoms in total. The maximum absolute atomic E-state index is 14.9. The summed E-state index contributed by atoms with van der Waals surface area (Å²) in [5.41, 5.74) is 2.27. The third kappa shape index (κ3) is 21.6. The van der Waals surface area contributed by atoms with Gasteiger partial charge in [0, 0.05) is 37.3 Å². The van der Waals surface area contributed by atoms with Crippen molar-refractivity contribution >= 4 is 75.6 Å². The van der Waals surface area contributed by atoms with Crippen molar-refractivity contribution in [2.75, 3.05) is 76.3 Å². The maximum Gasteiger partial charge on any atom is 0.412 e. The molecule has 2 aliphatic heterocycles. The highest BCUT2D eigenvalue weighted by atomic mass is 28.4. The SMILES string of the molecule is C=CCOC(=O)N[C@H](C(=O)N[C@@H](C)C(=O)Nc1ccc(COC(=O)Nc2cc(OCCCOc3cc(NC(=O)OC(C)(C)C)c(C(=O)N4CC(=C)C[C@H]4CO[Si](C)(C)C(C)(C)C)cc3OC)c(OC)cc2C(=O)N2CC(=C)C[C@H]2CO[Si](C)(C)C(C)(C)C)cc1)C(C)C. The van der Waals surface area contributed by atoms with Gasteiger partial charge >= 0.3 is 18.3 Å². The highest BCUT2D eigenvalue weighted by Gasteiger charge is 2.42. The lowest BCUT2D eigenvalue weighted by molar-refractivity contribution is -0.128. The van der Waals surface area contributed by atoms with E-state index in [1.807, 2.05) is 0 Å². The van der Waals surface area contributed by atoms with Crippen LogP contribution in [0.3, 0.4) is 0 Å². The van der Waals surface area contributed by atoms with Crippen molar-refractivity contribution in [2.45, 2.75) is 175 Å². The molecule has 0 aliphatic carbocycles. The van der Waals surface area contributed by atoms with Gasteiger partial charge in [-0.15, -0.1) is 0 Å². The minimum atomic E-state index is -2.23. The molecule has 4 atom stereocenters. The number of rotatable bonds is 28. The number of carbonyl (C=O) groups is 7. The maximum atomic E-state index is 14.9. The Morgan fingerprint density at radius 2 is 1.08 bits per heavy atom. The van der Waals surface area contributed by atoms with E-state index >= 15 is 0 Å². The van der Waals surface area contributed by atoms with Gasteiger partial charge < -0.3 is 67.8 Å². The number of likely N-dealkylation sites (tertiary alicyclic amines) is 2. The van der Waals surface area contributed by atoms with E-state index < -0.39 is 70.3 Å². The van der Waals surface area contributed by atoms with Crippen LogP contribution in [0, 0.1) is 5.92 Å². The molecular formula is C68H101N7O16Si2. The number of anilines is 3. The van der Waals surface area contributed by atoms with Crippen LogP contribution >= 0.6 is 0 Å². The Hall–Kier alpha value is -7.88. The lowest BCUT2D eigenvalue weighted by atomic mass is 10.0. The van der Waals surface area contributed by atoms with E-state index in [4.69, 9.17) is 42.0 Å². The van der Waals surface area contributed by atoms with Gasteiger partial charge in [-0.3, -0.25) is 29.8 Å². The van der Waals surface area contributed by atoms with Crippen LogP contribution in [0.1, 0.15) is 129 Å². The second kappa shape index (κ2) is 32.3. The summed E-state index contributed by atoms with van der Waals surface area (Å²) in [5.74, 6) is -1.37. The number of carbonyl (C=O) groups excluding carboxylic acids is 7. The summed E-state index contributed by atoms with van der Waals surface area (Å²) >= 11 is 0. The molecule has 2 heterocycles. The number of benzene rings is 3. The fourth-order valence-electron chi connectivity index (χ4n) is 9.38. The van der Waals surface area contributed by atoms with Gasteiger partial charge in [0.15, 0.2) is 39.6 Å². The quantitative estimate of drug-likeness (QED) is 0.0196. The number of hydrogen-bond donors (Lipinski definition) is 5. The van der Waals surface area contributed by atoms with Crippen molar-refractivity contribution < 1.29 is 75.6 Å². The van der Waals surface area contributed by atoms with E-state index in [9.17, 15) is 33.6 Å². The van der Waals surface area contributed by atoms with Crippen molar-refractivity contribution in [1.29, 1.82) is 0 Å². The standard InChI is InChI=1S/C68H101N7O16Si2/c1-22-28-87-64(81)73-58(42(2)3)60(77)69-45(6)59(76)70-47-26-24-46(25-27-47)39-88-63(80)71-52-35-56(54(83-16)33-50(52)61(78)74-37-43(4)31-48(74)40-89-92(18,19)67(10,11)12)85-29-23-30-86-57-36-53(72-65(82)91-66(7,8)9)51(34-55(57)84-17)62(79)75-38-44(5)32-49(75)41-90-93(20,21)68(13,14)15/h22,24-27,33-36,42,45,48-49,58H,1,4-5,23,28-32,37-41H2,2-3,6-21H3,(H,69,77)(H,70,76)(H,71,80)(H,72,82)(H,73,81)/t45-,48-,49-,58-/m0/s1. The number of methoxy groups -OCH3 is 2. The van der Waals surface area contributed by atoms with E-state index in [1.54, 1.807) is 68.7 Å². The van der Waals surface area contributed by atoms with Crippen molar-refractivity contribution in [2.24, 2.45) is 5.92 Å². The summed E-state index contributed by atoms with van der Waals surface area (Å²) in [6.45, 7) is 44.7. The average Bonchev–Trinajstić information content (AvgIpc) is 1.79. The third-order valence-corrected chi connectivity index (χ3v) is 25.8. The molecule has 0 spiro atoms. The largest absolute Gasteiger partial charge is 0.493 e. The van der Waals surface area contributed by atoms with Gasteiger partial charge in [-0.1, -0.05) is 104 Å². The third-order valence-electron chi connectivity index (χ3n) is 16.8. The number of amides is 7. The molecule has 25 heteroatoms. The molecule has 0 bridgehead atoms. The molecule has 93 heavy (non-hydrogen) atoms. The summed E-state index contributed by atoms with van der Waals surface area (Å²) in [4.78, 5) is 98.6. The average molecular weight is 1330 g/mol. The van der Waals surface area contributed by atoms with Crippen molar-refractivity contribution in [3.63, 3.8) is 0 Å². The van der Waals surface area contributed by atoms with Crippen LogP contribution in [0.25, 0.3) is 0 Å². The lowest BCUT2D eigenvalue weighted by Crippen LogP contribution is -2.53. The zero-order valence-corrected chi connectivity index (χ0v) is 59.9. The predicted octanol–water partition coefficient (Wildman–Crippen LogP) is 12.6. The molecule has 2 aliphatic rings. The molecule has 512 valence electrons. The fourth-order valence-corrected chi connectivity index (χ4v) is 11.5. The summed E-state index contributed by atoms with van der Waals surface area (Å²) in [6.07, 6.45) is 0.285. The Kier molecular flexibility index (Phi) is 26.3. The number of nitrogens with one attached hydrogen (secondary N) is 5. The first-order valence-electron chi connectivity index (χ1n) is 31.4. The number of alkyl carbamates (subject to hydrolysis) is 1. The molecule has 2 fully saturated rings. The summed E-state index contributed by atoms with van der Waals surface area (Å²) in [5, 5.41) is 13.3. The van der Waals surface area contributed by atoms with E-state index in [-0.39, 0.29) is 125 Å². The number of hydrogen-bond acceptors (Lipinski definition) is 16. The Morgan fingerprint density at radius 3 is 1.49 bits per heavy atom. The molecule has 0 radical (unpaired) electrons. The molecule has 7 amide bonds. The van der Waals surface area contributed by atoms with Crippen molar-refractivity contribution in [3.05, 3.63) is 102 Å². The molecule has 5 N–H and O–H groups in total. The van der Waals surface area contributed by atoms with E-state index in [2.05, 4.69) is 114 Å². The van der Waals surface area contributed by atoms with Crippen LogP contribution in [-0.2, 0) is 39.3 Å². The summed E-state index contributed by atoms with van der Waals surface area (Å²) in [6, 6.07) is 9.96. The molecule has 3 aromatic rings. The Balaban J connectivity index is 1.35. The molecule has 0 aromatic heterocycles. The van der Waals surface area contributed by atoms with Gasteiger partial charge in [0.1, 0.15) is 30.9 Å². The lowest BCUT2D eigenvalue weighted by Gasteiger charge is -2.38. The van der Waals surface area contributed by atoms with E-state index in [0.29, 0.717) is 37.2 Å². The van der Waals surface area contributed by atoms with Crippen LogP contribution in [0.15, 0.2) is 85.5 Å². The van der Waals surface area contributed by atoms with Gasteiger partial charge in [0.2, 0.25) is 11.8 Å². The van der Waals surface area contributed by atoms with Gasteiger partial charge in [-0.2, -0.15) is 0 Å². The molecule has 0 unspecified atom stereocenters. The number of nitrogens with zero attached hydrogens (tertiary/aromatic N) is 2. The molecule has 5 rings (SSSR count). The topological polar surface area (TPSA) is 269 Å². The Labute approximate surface area is 551 Å². The number of ether oxygens (including phenoxy) is 7. The monoisotopic (exact) mass is 1330 g/mol. The summed E-state index contributed by atoms with van der Waals surface area (Å²) in [7, 11) is -1.52. The van der Waals surface area contributed by atoms with E-state index in [0.717, 1.165) is 11.1 Å². The van der Waals surface area contributed by atoms with Gasteiger partial charge in [-0.05, 0) is 113 Å². The van der Waals surface area contributed by atoms with Gasteiger partial charge in [-0.25, -0.2) is 14.4 Å².